The zero-order valence-corrected chi connectivity index (χ0v) is 8.08. The summed E-state index contributed by atoms with van der Waals surface area (Å²) in [6, 6.07) is -0.468. The summed E-state index contributed by atoms with van der Waals surface area (Å²) in [5, 5.41) is 6.50. The average molecular weight is 215 g/mol. The number of carbonyl (C=O) groups excluding carboxylic acids is 2. The lowest BCUT2D eigenvalue weighted by Crippen LogP contribution is -2.30. The summed E-state index contributed by atoms with van der Waals surface area (Å²) in [6.45, 7) is 0.00402. The number of hydrogen-bond donors (Lipinski definition) is 1. The molecule has 6 nitrogen and oxygen atoms in total. The number of nitrogens with zero attached hydrogens (tertiary/aromatic N) is 3. The number of hydrogen-bond acceptors (Lipinski definition) is 3. The van der Waals surface area contributed by atoms with Crippen LogP contribution in [0.4, 0.5) is 10.5 Å². The van der Waals surface area contributed by atoms with E-state index >= 15 is 0 Å². The standard InChI is InChI=1S/C7H7ClN4O2/c1-11-6(8)4(2-10-11)12-5(13)3-9-7(12)14/h2H,3H2,1H3,(H,9,14). The Labute approximate surface area is 84.4 Å². The molecule has 1 aliphatic rings. The van der Waals surface area contributed by atoms with Gasteiger partial charge in [0.25, 0.3) is 5.91 Å². The van der Waals surface area contributed by atoms with Crippen molar-refractivity contribution in [2.75, 3.05) is 11.4 Å². The molecule has 1 aromatic rings. The number of imide groups is 1. The normalized spacial score (nSPS) is 16.3. The monoisotopic (exact) mass is 214 g/mol. The van der Waals surface area contributed by atoms with E-state index in [0.717, 1.165) is 4.90 Å². The molecule has 0 saturated carbocycles. The molecular weight excluding hydrogens is 208 g/mol. The molecule has 14 heavy (non-hydrogen) atoms. The summed E-state index contributed by atoms with van der Waals surface area (Å²) in [6.07, 6.45) is 1.38. The highest BCUT2D eigenvalue weighted by Crippen LogP contribution is 2.25. The van der Waals surface area contributed by atoms with Crippen LogP contribution in [0.2, 0.25) is 5.15 Å². The number of aryl methyl sites for hydroxylation is 1. The van der Waals surface area contributed by atoms with E-state index in [1.807, 2.05) is 0 Å². The Morgan fingerprint density at radius 1 is 1.57 bits per heavy atom. The van der Waals surface area contributed by atoms with E-state index in [9.17, 15) is 9.59 Å². The second-order valence-electron chi connectivity index (χ2n) is 2.83. The van der Waals surface area contributed by atoms with Crippen molar-refractivity contribution in [3.8, 4) is 0 Å². The fraction of sp³-hybridized carbons (Fsp3) is 0.286. The van der Waals surface area contributed by atoms with E-state index in [-0.39, 0.29) is 17.6 Å². The first-order valence-corrected chi connectivity index (χ1v) is 4.27. The van der Waals surface area contributed by atoms with E-state index in [4.69, 9.17) is 11.6 Å². The minimum atomic E-state index is -0.468. The number of aromatic nitrogens is 2. The topological polar surface area (TPSA) is 67.2 Å². The summed E-state index contributed by atoms with van der Waals surface area (Å²) in [5.41, 5.74) is 0.314. The minimum absolute atomic E-state index is 0.00402. The third kappa shape index (κ3) is 1.15. The van der Waals surface area contributed by atoms with Gasteiger partial charge in [0.2, 0.25) is 0 Å². The number of urea groups is 1. The van der Waals surface area contributed by atoms with Crippen LogP contribution in [0.15, 0.2) is 6.20 Å². The molecule has 2 rings (SSSR count). The first kappa shape index (κ1) is 9.01. The number of halogens is 1. The molecule has 0 bridgehead atoms. The van der Waals surface area contributed by atoms with Gasteiger partial charge in [-0.1, -0.05) is 11.6 Å². The highest BCUT2D eigenvalue weighted by atomic mass is 35.5. The number of carbonyl (C=O) groups is 2. The molecule has 1 N–H and O–H groups in total. The zero-order valence-electron chi connectivity index (χ0n) is 7.32. The number of amides is 3. The summed E-state index contributed by atoms with van der Waals surface area (Å²) in [7, 11) is 1.63. The maximum Gasteiger partial charge on any atom is 0.329 e. The molecule has 0 radical (unpaired) electrons. The highest BCUT2D eigenvalue weighted by Gasteiger charge is 2.32. The maximum atomic E-state index is 11.3. The molecule has 1 fully saturated rings. The Balaban J connectivity index is 2.44. The van der Waals surface area contributed by atoms with Crippen molar-refractivity contribution in [3.05, 3.63) is 11.3 Å². The summed E-state index contributed by atoms with van der Waals surface area (Å²) in [5.74, 6) is -0.329. The van der Waals surface area contributed by atoms with Gasteiger partial charge in [-0.2, -0.15) is 5.10 Å². The SMILES string of the molecule is Cn1ncc(N2C(=O)CNC2=O)c1Cl. The van der Waals surface area contributed by atoms with Gasteiger partial charge in [-0.15, -0.1) is 0 Å². The Hall–Kier alpha value is -1.56. The van der Waals surface area contributed by atoms with Gasteiger partial charge in [0.1, 0.15) is 5.69 Å². The molecule has 1 saturated heterocycles. The van der Waals surface area contributed by atoms with Crippen molar-refractivity contribution in [1.29, 1.82) is 0 Å². The Morgan fingerprint density at radius 2 is 2.29 bits per heavy atom. The third-order valence-electron chi connectivity index (χ3n) is 1.93. The first-order valence-electron chi connectivity index (χ1n) is 3.89. The molecule has 1 aromatic heterocycles. The fourth-order valence-corrected chi connectivity index (χ4v) is 1.40. The Kier molecular flexibility index (Phi) is 1.92. The predicted octanol–water partition coefficient (Wildman–Crippen LogP) is 0.130. The molecule has 74 valence electrons. The lowest BCUT2D eigenvalue weighted by Gasteiger charge is -2.09. The maximum absolute atomic E-state index is 11.3. The summed E-state index contributed by atoms with van der Waals surface area (Å²) >= 11 is 5.85. The minimum Gasteiger partial charge on any atom is -0.328 e. The van der Waals surface area contributed by atoms with Gasteiger partial charge in [0.05, 0.1) is 12.7 Å². The Morgan fingerprint density at radius 3 is 2.71 bits per heavy atom. The molecule has 0 unspecified atom stereocenters. The van der Waals surface area contributed by atoms with E-state index in [2.05, 4.69) is 10.4 Å². The molecule has 0 atom stereocenters. The highest BCUT2D eigenvalue weighted by molar-refractivity contribution is 6.34. The molecule has 3 amide bonds. The first-order chi connectivity index (χ1) is 6.61. The lowest BCUT2D eigenvalue weighted by molar-refractivity contribution is -0.115. The smallest absolute Gasteiger partial charge is 0.328 e. The van der Waals surface area contributed by atoms with Gasteiger partial charge in [0.15, 0.2) is 5.15 Å². The molecule has 2 heterocycles. The van der Waals surface area contributed by atoms with Crippen LogP contribution >= 0.6 is 11.6 Å². The average Bonchev–Trinajstić information content (AvgIpc) is 2.62. The molecule has 0 spiro atoms. The Bertz CT molecular complexity index is 398. The van der Waals surface area contributed by atoms with Crippen LogP contribution in [0, 0.1) is 0 Å². The molecular formula is C7H7ClN4O2. The van der Waals surface area contributed by atoms with Crippen LogP contribution in [-0.2, 0) is 11.8 Å². The van der Waals surface area contributed by atoms with Crippen molar-refractivity contribution in [2.24, 2.45) is 7.05 Å². The molecule has 7 heteroatoms. The van der Waals surface area contributed by atoms with E-state index in [1.165, 1.54) is 10.9 Å². The summed E-state index contributed by atoms with van der Waals surface area (Å²) in [4.78, 5) is 23.5. The van der Waals surface area contributed by atoms with Crippen molar-refractivity contribution in [3.63, 3.8) is 0 Å². The van der Waals surface area contributed by atoms with Crippen molar-refractivity contribution < 1.29 is 9.59 Å². The largest absolute Gasteiger partial charge is 0.329 e. The summed E-state index contributed by atoms with van der Waals surface area (Å²) < 4.78 is 1.38. The predicted molar refractivity (Wildman–Crippen MR) is 49.1 cm³/mol. The van der Waals surface area contributed by atoms with Crippen LogP contribution < -0.4 is 10.2 Å². The number of nitrogens with one attached hydrogen (secondary N) is 1. The molecule has 0 aliphatic carbocycles. The van der Waals surface area contributed by atoms with Gasteiger partial charge in [-0.3, -0.25) is 9.48 Å². The molecule has 0 aromatic carbocycles. The van der Waals surface area contributed by atoms with Crippen molar-refractivity contribution in [1.82, 2.24) is 15.1 Å². The van der Waals surface area contributed by atoms with Gasteiger partial charge < -0.3 is 5.32 Å². The molecule has 1 aliphatic heterocycles. The van der Waals surface area contributed by atoms with Crippen LogP contribution in [0.25, 0.3) is 0 Å². The lowest BCUT2D eigenvalue weighted by atomic mass is 10.4. The van der Waals surface area contributed by atoms with E-state index in [0.29, 0.717) is 5.69 Å². The number of rotatable bonds is 1. The van der Waals surface area contributed by atoms with Gasteiger partial charge in [-0.25, -0.2) is 9.69 Å². The quantitative estimate of drug-likeness (QED) is 0.676. The van der Waals surface area contributed by atoms with Gasteiger partial charge in [0, 0.05) is 7.05 Å². The van der Waals surface area contributed by atoms with Crippen LogP contribution in [0.3, 0.4) is 0 Å². The van der Waals surface area contributed by atoms with Crippen LogP contribution in [0.5, 0.6) is 0 Å². The van der Waals surface area contributed by atoms with Crippen LogP contribution in [0.1, 0.15) is 0 Å². The number of anilines is 1. The van der Waals surface area contributed by atoms with Gasteiger partial charge >= 0.3 is 6.03 Å². The second-order valence-corrected chi connectivity index (χ2v) is 3.19. The third-order valence-corrected chi connectivity index (χ3v) is 2.37. The van der Waals surface area contributed by atoms with Crippen molar-refractivity contribution >= 4 is 29.2 Å². The van der Waals surface area contributed by atoms with Crippen molar-refractivity contribution in [2.45, 2.75) is 0 Å². The van der Waals surface area contributed by atoms with E-state index < -0.39 is 6.03 Å². The van der Waals surface area contributed by atoms with Crippen LogP contribution in [-0.4, -0.2) is 28.3 Å². The second kappa shape index (κ2) is 2.98. The van der Waals surface area contributed by atoms with E-state index in [1.54, 1.807) is 7.05 Å². The zero-order chi connectivity index (χ0) is 10.3. The fourth-order valence-electron chi connectivity index (χ4n) is 1.23. The van der Waals surface area contributed by atoms with Gasteiger partial charge in [-0.05, 0) is 0 Å².